The van der Waals surface area contributed by atoms with Crippen molar-refractivity contribution in [3.8, 4) is 0 Å². The Hall–Kier alpha value is -1.98. The summed E-state index contributed by atoms with van der Waals surface area (Å²) in [5.41, 5.74) is 8.11. The van der Waals surface area contributed by atoms with Crippen molar-refractivity contribution in [2.75, 3.05) is 25.0 Å². The van der Waals surface area contributed by atoms with Crippen molar-refractivity contribution in [3.05, 3.63) is 53.9 Å². The Morgan fingerprint density at radius 2 is 1.91 bits per heavy atom. The standard InChI is InChI=1S/C17H23N5/c18-8-15-6-7-22(12-15)13-16-10-20-17(21-11-16)19-9-14-4-2-1-3-5-14/h1-5,10-11,15H,6-9,12-13,18H2,(H,19,20,21). The van der Waals surface area contributed by atoms with Crippen molar-refractivity contribution in [3.63, 3.8) is 0 Å². The van der Waals surface area contributed by atoms with Gasteiger partial charge in [0.2, 0.25) is 5.95 Å². The molecule has 1 saturated heterocycles. The van der Waals surface area contributed by atoms with Gasteiger partial charge in [0.15, 0.2) is 0 Å². The highest BCUT2D eigenvalue weighted by Crippen LogP contribution is 2.17. The first kappa shape index (κ1) is 14.9. The lowest BCUT2D eigenvalue weighted by atomic mass is 10.1. The minimum atomic E-state index is 0.646. The van der Waals surface area contributed by atoms with Gasteiger partial charge in [0.05, 0.1) is 0 Å². The minimum absolute atomic E-state index is 0.646. The average molecular weight is 297 g/mol. The fourth-order valence-corrected chi connectivity index (χ4v) is 2.81. The lowest BCUT2D eigenvalue weighted by molar-refractivity contribution is 0.317. The van der Waals surface area contributed by atoms with Crippen LogP contribution in [0.5, 0.6) is 0 Å². The van der Waals surface area contributed by atoms with E-state index in [4.69, 9.17) is 5.73 Å². The molecule has 5 nitrogen and oxygen atoms in total. The van der Waals surface area contributed by atoms with Gasteiger partial charge < -0.3 is 11.1 Å². The summed E-state index contributed by atoms with van der Waals surface area (Å²) >= 11 is 0. The van der Waals surface area contributed by atoms with Crippen LogP contribution in [0.2, 0.25) is 0 Å². The summed E-state index contributed by atoms with van der Waals surface area (Å²) in [6.45, 7) is 4.65. The number of aromatic nitrogens is 2. The number of rotatable bonds is 6. The van der Waals surface area contributed by atoms with Crippen molar-refractivity contribution < 1.29 is 0 Å². The number of anilines is 1. The molecule has 0 aliphatic carbocycles. The lowest BCUT2D eigenvalue weighted by Gasteiger charge is -2.15. The van der Waals surface area contributed by atoms with Gasteiger partial charge in [-0.15, -0.1) is 0 Å². The van der Waals surface area contributed by atoms with E-state index in [-0.39, 0.29) is 0 Å². The second kappa shape index (κ2) is 7.33. The monoisotopic (exact) mass is 297 g/mol. The molecule has 22 heavy (non-hydrogen) atoms. The van der Waals surface area contributed by atoms with E-state index >= 15 is 0 Å². The average Bonchev–Trinajstić information content (AvgIpc) is 3.03. The van der Waals surface area contributed by atoms with E-state index in [9.17, 15) is 0 Å². The second-order valence-corrected chi connectivity index (χ2v) is 5.88. The van der Waals surface area contributed by atoms with Crippen LogP contribution in [0.4, 0.5) is 5.95 Å². The predicted octanol–water partition coefficient (Wildman–Crippen LogP) is 1.87. The molecule has 0 spiro atoms. The van der Waals surface area contributed by atoms with Gasteiger partial charge in [-0.05, 0) is 31.0 Å². The third-order valence-corrected chi connectivity index (χ3v) is 4.11. The van der Waals surface area contributed by atoms with Crippen LogP contribution in [0.3, 0.4) is 0 Å². The highest BCUT2D eigenvalue weighted by atomic mass is 15.2. The molecule has 0 saturated carbocycles. The van der Waals surface area contributed by atoms with Crippen LogP contribution in [0, 0.1) is 5.92 Å². The minimum Gasteiger partial charge on any atom is -0.350 e. The van der Waals surface area contributed by atoms with Crippen LogP contribution in [0.1, 0.15) is 17.5 Å². The first-order valence-electron chi connectivity index (χ1n) is 7.84. The summed E-state index contributed by atoms with van der Waals surface area (Å²) in [7, 11) is 0. The van der Waals surface area contributed by atoms with Gasteiger partial charge in [-0.3, -0.25) is 4.90 Å². The number of hydrogen-bond donors (Lipinski definition) is 2. The topological polar surface area (TPSA) is 67.1 Å². The Kier molecular flexibility index (Phi) is 4.98. The Labute approximate surface area is 131 Å². The van der Waals surface area contributed by atoms with Crippen molar-refractivity contribution in [1.82, 2.24) is 14.9 Å². The number of nitrogens with one attached hydrogen (secondary N) is 1. The van der Waals surface area contributed by atoms with Crippen LogP contribution in [0.15, 0.2) is 42.7 Å². The van der Waals surface area contributed by atoms with Crippen molar-refractivity contribution >= 4 is 5.95 Å². The van der Waals surface area contributed by atoms with Gasteiger partial charge in [0.1, 0.15) is 0 Å². The fourth-order valence-electron chi connectivity index (χ4n) is 2.81. The molecular formula is C17H23N5. The maximum absolute atomic E-state index is 5.73. The first-order valence-corrected chi connectivity index (χ1v) is 7.84. The molecule has 2 aromatic rings. The van der Waals surface area contributed by atoms with Gasteiger partial charge in [0, 0.05) is 37.6 Å². The van der Waals surface area contributed by atoms with Crippen LogP contribution >= 0.6 is 0 Å². The summed E-state index contributed by atoms with van der Waals surface area (Å²) < 4.78 is 0. The SMILES string of the molecule is NCC1CCN(Cc2cnc(NCc3ccccc3)nc2)C1. The smallest absolute Gasteiger partial charge is 0.222 e. The molecule has 5 heteroatoms. The summed E-state index contributed by atoms with van der Waals surface area (Å²) in [5, 5.41) is 3.25. The zero-order valence-electron chi connectivity index (χ0n) is 12.8. The molecule has 0 amide bonds. The van der Waals surface area contributed by atoms with Gasteiger partial charge in [0.25, 0.3) is 0 Å². The fraction of sp³-hybridized carbons (Fsp3) is 0.412. The highest BCUT2D eigenvalue weighted by molar-refractivity contribution is 5.27. The van der Waals surface area contributed by atoms with Gasteiger partial charge in [-0.25, -0.2) is 9.97 Å². The zero-order valence-corrected chi connectivity index (χ0v) is 12.8. The molecule has 1 aliphatic heterocycles. The molecule has 1 unspecified atom stereocenters. The van der Waals surface area contributed by atoms with E-state index < -0.39 is 0 Å². The van der Waals surface area contributed by atoms with Crippen LogP contribution < -0.4 is 11.1 Å². The van der Waals surface area contributed by atoms with E-state index in [1.807, 2.05) is 30.6 Å². The Balaban J connectivity index is 1.50. The largest absolute Gasteiger partial charge is 0.350 e. The van der Waals surface area contributed by atoms with Gasteiger partial charge >= 0.3 is 0 Å². The van der Waals surface area contributed by atoms with Crippen molar-refractivity contribution in [2.24, 2.45) is 11.7 Å². The van der Waals surface area contributed by atoms with E-state index in [0.29, 0.717) is 11.9 Å². The Morgan fingerprint density at radius 1 is 1.14 bits per heavy atom. The Morgan fingerprint density at radius 3 is 2.59 bits per heavy atom. The molecule has 1 aliphatic rings. The molecule has 1 aromatic heterocycles. The van der Waals surface area contributed by atoms with Crippen LogP contribution in [-0.4, -0.2) is 34.5 Å². The molecule has 1 atom stereocenters. The summed E-state index contributed by atoms with van der Waals surface area (Å²) in [6, 6.07) is 10.3. The molecule has 1 aromatic carbocycles. The van der Waals surface area contributed by atoms with Gasteiger partial charge in [-0.2, -0.15) is 0 Å². The number of nitrogens with two attached hydrogens (primary N) is 1. The number of nitrogens with zero attached hydrogens (tertiary/aromatic N) is 3. The molecule has 3 N–H and O–H groups in total. The van der Waals surface area contributed by atoms with E-state index in [1.54, 1.807) is 0 Å². The molecule has 0 radical (unpaired) electrons. The molecule has 0 bridgehead atoms. The lowest BCUT2D eigenvalue weighted by Crippen LogP contribution is -2.23. The van der Waals surface area contributed by atoms with Crippen LogP contribution in [0.25, 0.3) is 0 Å². The predicted molar refractivity (Wildman–Crippen MR) is 88.2 cm³/mol. The summed E-state index contributed by atoms with van der Waals surface area (Å²) in [5.74, 6) is 1.32. The molecule has 2 heterocycles. The third-order valence-electron chi connectivity index (χ3n) is 4.11. The highest BCUT2D eigenvalue weighted by Gasteiger charge is 2.21. The van der Waals surface area contributed by atoms with E-state index in [2.05, 4.69) is 32.3 Å². The molecular weight excluding hydrogens is 274 g/mol. The maximum atomic E-state index is 5.73. The first-order chi connectivity index (χ1) is 10.8. The summed E-state index contributed by atoms with van der Waals surface area (Å²) in [6.07, 6.45) is 5.03. The summed E-state index contributed by atoms with van der Waals surface area (Å²) in [4.78, 5) is 11.2. The molecule has 116 valence electrons. The quantitative estimate of drug-likeness (QED) is 0.852. The van der Waals surface area contributed by atoms with Crippen LogP contribution in [-0.2, 0) is 13.1 Å². The zero-order chi connectivity index (χ0) is 15.2. The van der Waals surface area contributed by atoms with E-state index in [0.717, 1.165) is 38.3 Å². The van der Waals surface area contributed by atoms with Gasteiger partial charge in [-0.1, -0.05) is 30.3 Å². The second-order valence-electron chi connectivity index (χ2n) is 5.88. The maximum Gasteiger partial charge on any atom is 0.222 e. The normalized spacial score (nSPS) is 18.5. The number of hydrogen-bond acceptors (Lipinski definition) is 5. The Bertz CT molecular complexity index is 569. The molecule has 1 fully saturated rings. The van der Waals surface area contributed by atoms with Crippen molar-refractivity contribution in [1.29, 1.82) is 0 Å². The third kappa shape index (κ3) is 4.02. The molecule has 3 rings (SSSR count). The number of likely N-dealkylation sites (tertiary alicyclic amines) is 1. The number of benzene rings is 1. The van der Waals surface area contributed by atoms with Crippen molar-refractivity contribution in [2.45, 2.75) is 19.5 Å². The van der Waals surface area contributed by atoms with E-state index in [1.165, 1.54) is 12.0 Å².